The summed E-state index contributed by atoms with van der Waals surface area (Å²) in [5.41, 5.74) is 4.42. The second-order valence-electron chi connectivity index (χ2n) is 4.87. The van der Waals surface area contributed by atoms with Crippen molar-refractivity contribution in [2.45, 2.75) is 26.9 Å². The van der Waals surface area contributed by atoms with Gasteiger partial charge in [-0.05, 0) is 37.6 Å². The zero-order valence-corrected chi connectivity index (χ0v) is 11.8. The fourth-order valence-electron chi connectivity index (χ4n) is 2.45. The molecule has 0 aliphatic carbocycles. The maximum atomic E-state index is 4.70. The molecule has 0 radical (unpaired) electrons. The summed E-state index contributed by atoms with van der Waals surface area (Å²) in [5.74, 6) is 1.05. The zero-order chi connectivity index (χ0) is 13.9. The molecular formula is C16H18N4. The highest BCUT2D eigenvalue weighted by atomic mass is 15.1. The molecule has 1 aromatic carbocycles. The van der Waals surface area contributed by atoms with E-state index in [1.54, 1.807) is 0 Å². The Morgan fingerprint density at radius 1 is 1.20 bits per heavy atom. The first-order valence-electron chi connectivity index (χ1n) is 6.87. The van der Waals surface area contributed by atoms with Gasteiger partial charge in [-0.25, -0.2) is 4.98 Å². The fraction of sp³-hybridized carbons (Fsp3) is 0.250. The first-order chi connectivity index (χ1) is 9.78. The van der Waals surface area contributed by atoms with Crippen LogP contribution in [0.1, 0.15) is 18.3 Å². The number of pyridine rings is 1. The normalized spacial score (nSPS) is 10.9. The molecule has 0 fully saturated rings. The monoisotopic (exact) mass is 266 g/mol. The van der Waals surface area contributed by atoms with Crippen LogP contribution in [0.3, 0.4) is 0 Å². The van der Waals surface area contributed by atoms with Gasteiger partial charge in [-0.3, -0.25) is 4.98 Å². The number of aromatic nitrogens is 3. The lowest BCUT2D eigenvalue weighted by atomic mass is 10.3. The molecule has 0 aliphatic heterocycles. The van der Waals surface area contributed by atoms with E-state index in [-0.39, 0.29) is 0 Å². The van der Waals surface area contributed by atoms with Gasteiger partial charge in [0, 0.05) is 18.9 Å². The van der Waals surface area contributed by atoms with Crippen molar-refractivity contribution in [3.05, 3.63) is 54.1 Å². The van der Waals surface area contributed by atoms with Crippen molar-refractivity contribution in [1.82, 2.24) is 14.5 Å². The predicted octanol–water partition coefficient (Wildman–Crippen LogP) is 3.37. The van der Waals surface area contributed by atoms with Gasteiger partial charge < -0.3 is 9.88 Å². The van der Waals surface area contributed by atoms with Crippen LogP contribution >= 0.6 is 0 Å². The SMILES string of the molecule is CCn1c(CNc2cncc(C)c2)nc2ccccc21. The van der Waals surface area contributed by atoms with Crippen LogP contribution in [0.25, 0.3) is 11.0 Å². The summed E-state index contributed by atoms with van der Waals surface area (Å²) in [6.45, 7) is 5.81. The summed E-state index contributed by atoms with van der Waals surface area (Å²) in [7, 11) is 0. The highest BCUT2D eigenvalue weighted by Gasteiger charge is 2.08. The summed E-state index contributed by atoms with van der Waals surface area (Å²) in [6.07, 6.45) is 3.69. The lowest BCUT2D eigenvalue weighted by Crippen LogP contribution is -2.08. The molecule has 0 saturated carbocycles. The number of fused-ring (bicyclic) bond motifs is 1. The Bertz CT molecular complexity index is 730. The highest BCUT2D eigenvalue weighted by molar-refractivity contribution is 5.75. The molecule has 0 atom stereocenters. The number of imidazole rings is 1. The summed E-state index contributed by atoms with van der Waals surface area (Å²) < 4.78 is 2.24. The van der Waals surface area contributed by atoms with E-state index in [9.17, 15) is 0 Å². The molecule has 1 N–H and O–H groups in total. The van der Waals surface area contributed by atoms with Gasteiger partial charge >= 0.3 is 0 Å². The lowest BCUT2D eigenvalue weighted by molar-refractivity contribution is 0.728. The van der Waals surface area contributed by atoms with Gasteiger partial charge in [0.1, 0.15) is 5.82 Å². The van der Waals surface area contributed by atoms with Crippen molar-refractivity contribution in [3.63, 3.8) is 0 Å². The molecule has 0 saturated heterocycles. The van der Waals surface area contributed by atoms with Gasteiger partial charge in [0.05, 0.1) is 23.3 Å². The molecule has 0 bridgehead atoms. The molecule has 4 nitrogen and oxygen atoms in total. The molecule has 20 heavy (non-hydrogen) atoms. The van der Waals surface area contributed by atoms with Crippen molar-refractivity contribution in [1.29, 1.82) is 0 Å². The van der Waals surface area contributed by atoms with E-state index >= 15 is 0 Å². The Labute approximate surface area is 118 Å². The van der Waals surface area contributed by atoms with Crippen molar-refractivity contribution < 1.29 is 0 Å². The summed E-state index contributed by atoms with van der Waals surface area (Å²) in [5, 5.41) is 3.39. The summed E-state index contributed by atoms with van der Waals surface area (Å²) >= 11 is 0. The Morgan fingerprint density at radius 3 is 2.85 bits per heavy atom. The predicted molar refractivity (Wildman–Crippen MR) is 81.7 cm³/mol. The third-order valence-corrected chi connectivity index (χ3v) is 3.38. The number of nitrogens with one attached hydrogen (secondary N) is 1. The number of hydrogen-bond donors (Lipinski definition) is 1. The highest BCUT2D eigenvalue weighted by Crippen LogP contribution is 2.17. The van der Waals surface area contributed by atoms with Crippen LogP contribution in [0.2, 0.25) is 0 Å². The first-order valence-corrected chi connectivity index (χ1v) is 6.87. The molecule has 3 rings (SSSR count). The van der Waals surface area contributed by atoms with Crippen molar-refractivity contribution >= 4 is 16.7 Å². The molecule has 4 heteroatoms. The molecule has 3 aromatic rings. The van der Waals surface area contributed by atoms with Gasteiger partial charge in [-0.2, -0.15) is 0 Å². The van der Waals surface area contributed by atoms with E-state index < -0.39 is 0 Å². The molecule has 0 spiro atoms. The van der Waals surface area contributed by atoms with Gasteiger partial charge in [-0.1, -0.05) is 12.1 Å². The largest absolute Gasteiger partial charge is 0.377 e. The standard InChI is InChI=1S/C16H18N4/c1-3-20-15-7-5-4-6-14(15)19-16(20)11-18-13-8-12(2)9-17-10-13/h4-10,18H,3,11H2,1-2H3. The molecule has 0 aliphatic rings. The first kappa shape index (κ1) is 12.7. The van der Waals surface area contributed by atoms with Gasteiger partial charge in [0.2, 0.25) is 0 Å². The number of hydrogen-bond acceptors (Lipinski definition) is 3. The third kappa shape index (κ3) is 2.37. The van der Waals surface area contributed by atoms with Crippen LogP contribution < -0.4 is 5.32 Å². The van der Waals surface area contributed by atoms with Crippen LogP contribution in [0.5, 0.6) is 0 Å². The molecule has 0 amide bonds. The average Bonchev–Trinajstić information content (AvgIpc) is 2.82. The molecule has 102 valence electrons. The van der Waals surface area contributed by atoms with Crippen LogP contribution in [0.15, 0.2) is 42.7 Å². The van der Waals surface area contributed by atoms with E-state index in [1.807, 2.05) is 25.4 Å². The number of aryl methyl sites for hydroxylation is 2. The van der Waals surface area contributed by atoms with Crippen LogP contribution in [0.4, 0.5) is 5.69 Å². The second kappa shape index (κ2) is 5.33. The zero-order valence-electron chi connectivity index (χ0n) is 11.8. The van der Waals surface area contributed by atoms with E-state index in [0.717, 1.165) is 29.1 Å². The Kier molecular flexibility index (Phi) is 3.37. The molecule has 0 unspecified atom stereocenters. The van der Waals surface area contributed by atoms with Gasteiger partial charge in [0.25, 0.3) is 0 Å². The Balaban J connectivity index is 1.87. The molecular weight excluding hydrogens is 248 g/mol. The topological polar surface area (TPSA) is 42.7 Å². The fourth-order valence-corrected chi connectivity index (χ4v) is 2.45. The number of anilines is 1. The average molecular weight is 266 g/mol. The van der Waals surface area contributed by atoms with Crippen molar-refractivity contribution in [3.8, 4) is 0 Å². The van der Waals surface area contributed by atoms with Crippen molar-refractivity contribution in [2.75, 3.05) is 5.32 Å². The number of rotatable bonds is 4. The minimum Gasteiger partial charge on any atom is -0.377 e. The van der Waals surface area contributed by atoms with E-state index in [4.69, 9.17) is 4.98 Å². The summed E-state index contributed by atoms with van der Waals surface area (Å²) in [4.78, 5) is 8.89. The maximum Gasteiger partial charge on any atom is 0.129 e. The van der Waals surface area contributed by atoms with Gasteiger partial charge in [-0.15, -0.1) is 0 Å². The number of nitrogens with zero attached hydrogens (tertiary/aromatic N) is 3. The second-order valence-corrected chi connectivity index (χ2v) is 4.87. The molecule has 2 heterocycles. The number of benzene rings is 1. The molecule has 2 aromatic heterocycles. The van der Waals surface area contributed by atoms with E-state index in [2.05, 4.69) is 46.1 Å². The lowest BCUT2D eigenvalue weighted by Gasteiger charge is -2.08. The quantitative estimate of drug-likeness (QED) is 0.787. The number of para-hydroxylation sites is 2. The maximum absolute atomic E-state index is 4.70. The van der Waals surface area contributed by atoms with Crippen LogP contribution in [-0.2, 0) is 13.1 Å². The van der Waals surface area contributed by atoms with Crippen LogP contribution in [0, 0.1) is 6.92 Å². The summed E-state index contributed by atoms with van der Waals surface area (Å²) in [6, 6.07) is 10.3. The Hall–Kier alpha value is -2.36. The van der Waals surface area contributed by atoms with Crippen molar-refractivity contribution in [2.24, 2.45) is 0 Å². The van der Waals surface area contributed by atoms with E-state index in [1.165, 1.54) is 5.52 Å². The minimum absolute atomic E-state index is 0.702. The van der Waals surface area contributed by atoms with E-state index in [0.29, 0.717) is 6.54 Å². The van der Waals surface area contributed by atoms with Crippen LogP contribution in [-0.4, -0.2) is 14.5 Å². The Morgan fingerprint density at radius 2 is 2.05 bits per heavy atom. The smallest absolute Gasteiger partial charge is 0.129 e. The van der Waals surface area contributed by atoms with Gasteiger partial charge in [0.15, 0.2) is 0 Å². The minimum atomic E-state index is 0.702. The third-order valence-electron chi connectivity index (χ3n) is 3.38.